The van der Waals surface area contributed by atoms with Gasteiger partial charge < -0.3 is 10.3 Å². The van der Waals surface area contributed by atoms with Crippen LogP contribution in [0.5, 0.6) is 0 Å². The fourth-order valence-corrected chi connectivity index (χ4v) is 3.22. The first-order valence-corrected chi connectivity index (χ1v) is 9.10. The minimum Gasteiger partial charge on any atom is -0.361 e. The lowest BCUT2D eigenvalue weighted by atomic mass is 10.0. The van der Waals surface area contributed by atoms with E-state index in [4.69, 9.17) is 0 Å². The maximum absolute atomic E-state index is 12.2. The SMILES string of the molecule is CCc1ccc(C(C)NC(=O)CCCc2c[nH]c3ccccc23)cc1. The molecule has 0 spiro atoms. The minimum atomic E-state index is 0.0477. The molecule has 130 valence electrons. The second kappa shape index (κ2) is 8.02. The van der Waals surface area contributed by atoms with Gasteiger partial charge in [-0.3, -0.25) is 4.79 Å². The molecule has 0 fully saturated rings. The molecule has 0 aliphatic rings. The topological polar surface area (TPSA) is 44.9 Å². The van der Waals surface area contributed by atoms with Crippen molar-refractivity contribution in [1.82, 2.24) is 10.3 Å². The van der Waals surface area contributed by atoms with Gasteiger partial charge in [-0.1, -0.05) is 49.4 Å². The summed E-state index contributed by atoms with van der Waals surface area (Å²) >= 11 is 0. The summed E-state index contributed by atoms with van der Waals surface area (Å²) in [6, 6.07) is 16.8. The van der Waals surface area contributed by atoms with E-state index >= 15 is 0 Å². The van der Waals surface area contributed by atoms with Crippen molar-refractivity contribution < 1.29 is 4.79 Å². The highest BCUT2D eigenvalue weighted by Gasteiger charge is 2.10. The van der Waals surface area contributed by atoms with E-state index in [0.29, 0.717) is 6.42 Å². The van der Waals surface area contributed by atoms with Crippen molar-refractivity contribution in [3.8, 4) is 0 Å². The van der Waals surface area contributed by atoms with Crippen LogP contribution in [0.25, 0.3) is 10.9 Å². The molecule has 1 heterocycles. The van der Waals surface area contributed by atoms with Crippen LogP contribution in [-0.2, 0) is 17.6 Å². The van der Waals surface area contributed by atoms with Crippen molar-refractivity contribution in [1.29, 1.82) is 0 Å². The molecule has 0 saturated carbocycles. The first-order valence-electron chi connectivity index (χ1n) is 9.10. The number of carbonyl (C=O) groups is 1. The molecule has 3 rings (SSSR count). The zero-order chi connectivity index (χ0) is 17.6. The number of carbonyl (C=O) groups excluding carboxylic acids is 1. The van der Waals surface area contributed by atoms with E-state index in [1.807, 2.05) is 13.0 Å². The number of rotatable bonds is 7. The molecule has 1 amide bonds. The molecule has 2 N–H and O–H groups in total. The van der Waals surface area contributed by atoms with Crippen molar-refractivity contribution in [3.05, 3.63) is 71.4 Å². The number of para-hydroxylation sites is 1. The highest BCUT2D eigenvalue weighted by molar-refractivity contribution is 5.83. The smallest absolute Gasteiger partial charge is 0.220 e. The highest BCUT2D eigenvalue weighted by atomic mass is 16.1. The number of aromatic nitrogens is 1. The Morgan fingerprint density at radius 1 is 1.12 bits per heavy atom. The largest absolute Gasteiger partial charge is 0.361 e. The number of aromatic amines is 1. The Labute approximate surface area is 149 Å². The van der Waals surface area contributed by atoms with Crippen LogP contribution in [0.1, 0.15) is 49.4 Å². The van der Waals surface area contributed by atoms with Crippen LogP contribution >= 0.6 is 0 Å². The van der Waals surface area contributed by atoms with E-state index in [0.717, 1.165) is 30.3 Å². The fraction of sp³-hybridized carbons (Fsp3) is 0.318. The minimum absolute atomic E-state index is 0.0477. The van der Waals surface area contributed by atoms with Gasteiger partial charge in [0.15, 0.2) is 0 Å². The molecule has 0 radical (unpaired) electrons. The van der Waals surface area contributed by atoms with Crippen molar-refractivity contribution in [2.75, 3.05) is 0 Å². The maximum atomic E-state index is 12.2. The van der Waals surface area contributed by atoms with Crippen molar-refractivity contribution in [2.24, 2.45) is 0 Å². The van der Waals surface area contributed by atoms with E-state index in [2.05, 4.69) is 65.9 Å². The quantitative estimate of drug-likeness (QED) is 0.632. The Morgan fingerprint density at radius 3 is 2.64 bits per heavy atom. The van der Waals surface area contributed by atoms with E-state index in [1.165, 1.54) is 16.5 Å². The lowest BCUT2D eigenvalue weighted by Gasteiger charge is -2.14. The summed E-state index contributed by atoms with van der Waals surface area (Å²) in [5, 5.41) is 4.36. The van der Waals surface area contributed by atoms with Crippen molar-refractivity contribution >= 4 is 16.8 Å². The third-order valence-corrected chi connectivity index (χ3v) is 4.79. The van der Waals surface area contributed by atoms with Crippen LogP contribution in [0.15, 0.2) is 54.7 Å². The second-order valence-corrected chi connectivity index (χ2v) is 6.60. The third-order valence-electron chi connectivity index (χ3n) is 4.79. The first-order chi connectivity index (χ1) is 12.2. The molecule has 3 heteroatoms. The number of nitrogens with one attached hydrogen (secondary N) is 2. The Kier molecular flexibility index (Phi) is 5.54. The van der Waals surface area contributed by atoms with Crippen LogP contribution in [0.2, 0.25) is 0 Å². The van der Waals surface area contributed by atoms with Gasteiger partial charge in [-0.2, -0.15) is 0 Å². The number of hydrogen-bond acceptors (Lipinski definition) is 1. The average Bonchev–Trinajstić information content (AvgIpc) is 3.05. The summed E-state index contributed by atoms with van der Waals surface area (Å²) in [6.45, 7) is 4.19. The third kappa shape index (κ3) is 4.30. The molecular weight excluding hydrogens is 308 g/mol. The monoisotopic (exact) mass is 334 g/mol. The van der Waals surface area contributed by atoms with Crippen LogP contribution in [-0.4, -0.2) is 10.9 Å². The summed E-state index contributed by atoms with van der Waals surface area (Å²) in [7, 11) is 0. The molecule has 0 aliphatic carbocycles. The van der Waals surface area contributed by atoms with Gasteiger partial charge in [0.1, 0.15) is 0 Å². The van der Waals surface area contributed by atoms with Crippen LogP contribution in [0.4, 0.5) is 0 Å². The number of hydrogen-bond donors (Lipinski definition) is 2. The summed E-state index contributed by atoms with van der Waals surface area (Å²) in [5.41, 5.74) is 4.92. The molecule has 25 heavy (non-hydrogen) atoms. The predicted molar refractivity (Wildman–Crippen MR) is 104 cm³/mol. The molecule has 1 atom stereocenters. The molecule has 0 saturated heterocycles. The Balaban J connectivity index is 1.49. The molecule has 2 aromatic carbocycles. The normalized spacial score (nSPS) is 12.2. The van der Waals surface area contributed by atoms with Crippen molar-refractivity contribution in [3.63, 3.8) is 0 Å². The molecule has 3 aromatic rings. The van der Waals surface area contributed by atoms with Crippen LogP contribution in [0.3, 0.4) is 0 Å². The maximum Gasteiger partial charge on any atom is 0.220 e. The summed E-state index contributed by atoms with van der Waals surface area (Å²) in [6.07, 6.45) is 5.42. The molecule has 0 aliphatic heterocycles. The van der Waals surface area contributed by atoms with Gasteiger partial charge in [0.2, 0.25) is 5.91 Å². The molecule has 1 unspecified atom stereocenters. The standard InChI is InChI=1S/C22H26N2O/c1-3-17-11-13-18(14-12-17)16(2)24-22(25)10-6-7-19-15-23-21-9-5-4-8-20(19)21/h4-5,8-9,11-16,23H,3,6-7,10H2,1-2H3,(H,24,25). The number of fused-ring (bicyclic) bond motifs is 1. The lowest BCUT2D eigenvalue weighted by Crippen LogP contribution is -2.26. The van der Waals surface area contributed by atoms with E-state index in [9.17, 15) is 4.79 Å². The number of aryl methyl sites for hydroxylation is 2. The zero-order valence-electron chi connectivity index (χ0n) is 15.0. The van der Waals surface area contributed by atoms with E-state index in [1.54, 1.807) is 0 Å². The van der Waals surface area contributed by atoms with E-state index in [-0.39, 0.29) is 11.9 Å². The highest BCUT2D eigenvalue weighted by Crippen LogP contribution is 2.20. The van der Waals surface area contributed by atoms with Gasteiger partial charge >= 0.3 is 0 Å². The zero-order valence-corrected chi connectivity index (χ0v) is 15.0. The summed E-state index contributed by atoms with van der Waals surface area (Å²) in [5.74, 6) is 0.118. The fourth-order valence-electron chi connectivity index (χ4n) is 3.22. The Hall–Kier alpha value is -2.55. The van der Waals surface area contributed by atoms with E-state index < -0.39 is 0 Å². The van der Waals surface area contributed by atoms with Gasteiger partial charge in [0.05, 0.1) is 6.04 Å². The number of H-pyrrole nitrogens is 1. The Morgan fingerprint density at radius 2 is 1.88 bits per heavy atom. The molecule has 3 nitrogen and oxygen atoms in total. The summed E-state index contributed by atoms with van der Waals surface area (Å²) in [4.78, 5) is 15.5. The van der Waals surface area contributed by atoms with Gasteiger partial charge in [0, 0.05) is 23.5 Å². The van der Waals surface area contributed by atoms with Crippen LogP contribution < -0.4 is 5.32 Å². The second-order valence-electron chi connectivity index (χ2n) is 6.60. The molecular formula is C22H26N2O. The molecule has 0 bridgehead atoms. The number of benzene rings is 2. The first kappa shape index (κ1) is 17.3. The van der Waals surface area contributed by atoms with Gasteiger partial charge in [-0.15, -0.1) is 0 Å². The average molecular weight is 334 g/mol. The summed E-state index contributed by atoms with van der Waals surface area (Å²) < 4.78 is 0. The Bertz CT molecular complexity index is 833. The van der Waals surface area contributed by atoms with Crippen molar-refractivity contribution in [2.45, 2.75) is 45.6 Å². The lowest BCUT2D eigenvalue weighted by molar-refractivity contribution is -0.121. The molecule has 1 aromatic heterocycles. The predicted octanol–water partition coefficient (Wildman–Crippen LogP) is 4.93. The van der Waals surface area contributed by atoms with Gasteiger partial charge in [-0.05, 0) is 48.9 Å². The number of amides is 1. The van der Waals surface area contributed by atoms with Gasteiger partial charge in [0.25, 0.3) is 0 Å². The van der Waals surface area contributed by atoms with Gasteiger partial charge in [-0.25, -0.2) is 0 Å². The van der Waals surface area contributed by atoms with Crippen LogP contribution in [0, 0.1) is 0 Å².